The van der Waals surface area contributed by atoms with E-state index in [1.165, 1.54) is 4.90 Å². The van der Waals surface area contributed by atoms with Gasteiger partial charge in [-0.1, -0.05) is 6.08 Å². The second-order valence-electron chi connectivity index (χ2n) is 4.41. The monoisotopic (exact) mass is 369 g/mol. The van der Waals surface area contributed by atoms with Gasteiger partial charge in [-0.25, -0.2) is 4.79 Å². The highest BCUT2D eigenvalue weighted by Gasteiger charge is 2.22. The lowest BCUT2D eigenvalue weighted by Gasteiger charge is -2.25. The summed E-state index contributed by atoms with van der Waals surface area (Å²) < 4.78 is 10.7. The number of amides is 1. The highest BCUT2D eigenvalue weighted by molar-refractivity contribution is 14.1. The summed E-state index contributed by atoms with van der Waals surface area (Å²) in [7, 11) is 1.69. The third-order valence-electron chi connectivity index (χ3n) is 2.99. The van der Waals surface area contributed by atoms with Crippen molar-refractivity contribution in [1.29, 1.82) is 0 Å². The minimum atomic E-state index is -0.496. The van der Waals surface area contributed by atoms with E-state index in [0.29, 0.717) is 19.4 Å². The van der Waals surface area contributed by atoms with Gasteiger partial charge in [0.1, 0.15) is 29.1 Å². The molecule has 1 N–H and O–H groups in total. The predicted molar refractivity (Wildman–Crippen MR) is 76.5 cm³/mol. The Morgan fingerprint density at radius 3 is 2.83 bits per heavy atom. The Hall–Kier alpha value is -0.340. The van der Waals surface area contributed by atoms with Crippen molar-refractivity contribution in [2.24, 2.45) is 0 Å². The molecule has 0 saturated heterocycles. The molecule has 0 heterocycles. The Morgan fingerprint density at radius 2 is 2.22 bits per heavy atom. The van der Waals surface area contributed by atoms with Crippen molar-refractivity contribution in [2.45, 2.75) is 44.5 Å². The van der Waals surface area contributed by atoms with Crippen LogP contribution in [0.4, 0.5) is 4.79 Å². The molecule has 1 aliphatic rings. The second kappa shape index (κ2) is 7.96. The summed E-state index contributed by atoms with van der Waals surface area (Å²) in [6.07, 6.45) is 4.28. The van der Waals surface area contributed by atoms with Crippen LogP contribution in [0.25, 0.3) is 0 Å². The van der Waals surface area contributed by atoms with Gasteiger partial charge in [-0.2, -0.15) is 0 Å². The van der Waals surface area contributed by atoms with E-state index in [1.54, 1.807) is 19.2 Å². The number of carbonyl (C=O) groups is 1. The Labute approximate surface area is 122 Å². The molecular formula is C12H20INO4. The number of hydrogen-bond donors (Lipinski definition) is 1. The van der Waals surface area contributed by atoms with Crippen LogP contribution in [-0.4, -0.2) is 48.0 Å². The SMILES string of the molecule is CCN(C)C(=O)OC1C=CC(O)CCC(OI)C1. The van der Waals surface area contributed by atoms with Gasteiger partial charge in [0.2, 0.25) is 0 Å². The predicted octanol–water partition coefficient (Wildman–Crippen LogP) is 2.28. The molecule has 1 amide bonds. The number of rotatable bonds is 3. The Bertz CT molecular complexity index is 298. The summed E-state index contributed by atoms with van der Waals surface area (Å²) in [6, 6.07) is 0. The van der Waals surface area contributed by atoms with Gasteiger partial charge in [-0.05, 0) is 25.8 Å². The average Bonchev–Trinajstić information content (AvgIpc) is 2.36. The number of ether oxygens (including phenoxy) is 1. The summed E-state index contributed by atoms with van der Waals surface area (Å²) in [5.41, 5.74) is 0. The molecule has 0 aromatic carbocycles. The maximum Gasteiger partial charge on any atom is 0.410 e. The molecule has 0 spiro atoms. The lowest BCUT2D eigenvalue weighted by atomic mass is 10.00. The molecule has 6 heteroatoms. The van der Waals surface area contributed by atoms with Crippen LogP contribution in [0.3, 0.4) is 0 Å². The van der Waals surface area contributed by atoms with E-state index in [-0.39, 0.29) is 18.3 Å². The normalized spacial score (nSPS) is 28.3. The van der Waals surface area contributed by atoms with E-state index in [4.69, 9.17) is 7.80 Å². The van der Waals surface area contributed by atoms with Crippen LogP contribution >= 0.6 is 23.0 Å². The fourth-order valence-corrected chi connectivity index (χ4v) is 2.14. The smallest absolute Gasteiger partial charge is 0.410 e. The molecule has 1 aliphatic carbocycles. The number of aliphatic hydroxyl groups is 1. The van der Waals surface area contributed by atoms with Crippen LogP contribution in [-0.2, 0) is 7.80 Å². The van der Waals surface area contributed by atoms with Gasteiger partial charge in [0, 0.05) is 20.0 Å². The van der Waals surface area contributed by atoms with Gasteiger partial charge >= 0.3 is 6.09 Å². The van der Waals surface area contributed by atoms with Crippen molar-refractivity contribution in [1.82, 2.24) is 4.90 Å². The van der Waals surface area contributed by atoms with Gasteiger partial charge in [-0.3, -0.25) is 0 Å². The van der Waals surface area contributed by atoms with Gasteiger partial charge < -0.3 is 17.8 Å². The van der Waals surface area contributed by atoms with E-state index in [0.717, 1.165) is 6.42 Å². The zero-order chi connectivity index (χ0) is 13.5. The summed E-state index contributed by atoms with van der Waals surface area (Å²) in [6.45, 7) is 2.49. The van der Waals surface area contributed by atoms with Crippen molar-refractivity contribution >= 4 is 29.1 Å². The minimum Gasteiger partial charge on any atom is -0.442 e. The molecule has 18 heavy (non-hydrogen) atoms. The fraction of sp³-hybridized carbons (Fsp3) is 0.750. The van der Waals surface area contributed by atoms with Crippen molar-refractivity contribution in [3.8, 4) is 0 Å². The first-order chi connectivity index (χ1) is 8.56. The summed E-state index contributed by atoms with van der Waals surface area (Å²) in [5.74, 6) is 0. The average molecular weight is 369 g/mol. The van der Waals surface area contributed by atoms with Crippen LogP contribution in [0.1, 0.15) is 26.2 Å². The van der Waals surface area contributed by atoms with Gasteiger partial charge in [0.05, 0.1) is 12.2 Å². The molecule has 0 fully saturated rings. The third kappa shape index (κ3) is 5.11. The molecule has 1 rings (SSSR count). The maximum absolute atomic E-state index is 11.7. The van der Waals surface area contributed by atoms with Crippen LogP contribution in [0.15, 0.2) is 12.2 Å². The van der Waals surface area contributed by atoms with Crippen LogP contribution in [0, 0.1) is 0 Å². The fourth-order valence-electron chi connectivity index (χ4n) is 1.68. The molecule has 0 radical (unpaired) electrons. The van der Waals surface area contributed by atoms with Crippen LogP contribution in [0.2, 0.25) is 0 Å². The first kappa shape index (κ1) is 15.7. The highest BCUT2D eigenvalue weighted by atomic mass is 127. The van der Waals surface area contributed by atoms with E-state index in [1.807, 2.05) is 29.9 Å². The molecule has 3 unspecified atom stereocenters. The number of aliphatic hydroxyl groups excluding tert-OH is 1. The zero-order valence-corrected chi connectivity index (χ0v) is 12.9. The maximum atomic E-state index is 11.7. The largest absolute Gasteiger partial charge is 0.442 e. The van der Waals surface area contributed by atoms with Gasteiger partial charge in [0.15, 0.2) is 0 Å². The third-order valence-corrected chi connectivity index (χ3v) is 3.71. The second-order valence-corrected chi connectivity index (χ2v) is 4.92. The molecule has 0 aliphatic heterocycles. The van der Waals surface area contributed by atoms with Crippen LogP contribution < -0.4 is 0 Å². The molecular weight excluding hydrogens is 349 g/mol. The lowest BCUT2D eigenvalue weighted by molar-refractivity contribution is 0.0635. The number of hydrogen-bond acceptors (Lipinski definition) is 4. The molecule has 3 atom stereocenters. The van der Waals surface area contributed by atoms with Crippen molar-refractivity contribution in [3.05, 3.63) is 12.2 Å². The van der Waals surface area contributed by atoms with Crippen LogP contribution in [0.5, 0.6) is 0 Å². The summed E-state index contributed by atoms with van der Waals surface area (Å²) >= 11 is 1.85. The molecule has 0 saturated carbocycles. The van der Waals surface area contributed by atoms with E-state index >= 15 is 0 Å². The first-order valence-electron chi connectivity index (χ1n) is 6.12. The van der Waals surface area contributed by atoms with Crippen molar-refractivity contribution in [2.75, 3.05) is 13.6 Å². The molecule has 104 valence electrons. The summed E-state index contributed by atoms with van der Waals surface area (Å²) in [5, 5.41) is 9.64. The van der Waals surface area contributed by atoms with E-state index in [2.05, 4.69) is 0 Å². The van der Waals surface area contributed by atoms with Crippen molar-refractivity contribution < 1.29 is 17.7 Å². The highest BCUT2D eigenvalue weighted by Crippen LogP contribution is 2.20. The number of halogens is 1. The Morgan fingerprint density at radius 1 is 1.50 bits per heavy atom. The first-order valence-corrected chi connectivity index (χ1v) is 7.00. The molecule has 0 aromatic rings. The Kier molecular flexibility index (Phi) is 6.95. The van der Waals surface area contributed by atoms with Gasteiger partial charge in [-0.15, -0.1) is 0 Å². The minimum absolute atomic E-state index is 0.00469. The van der Waals surface area contributed by atoms with Gasteiger partial charge in [0.25, 0.3) is 0 Å². The number of carbonyl (C=O) groups excluding carboxylic acids is 1. The molecule has 0 aromatic heterocycles. The lowest BCUT2D eigenvalue weighted by Crippen LogP contribution is -2.32. The van der Waals surface area contributed by atoms with E-state index in [9.17, 15) is 9.90 Å². The summed E-state index contributed by atoms with van der Waals surface area (Å²) in [4.78, 5) is 13.2. The topological polar surface area (TPSA) is 59.0 Å². The number of nitrogens with zero attached hydrogens (tertiary/aromatic N) is 1. The molecule has 0 bridgehead atoms. The quantitative estimate of drug-likeness (QED) is 0.613. The standard InChI is InChI=1S/C12H20INO4/c1-3-14(2)12(16)17-10-6-4-9(15)5-7-11(8-10)18-13/h4,6,9-11,15H,3,5,7-8H2,1-2H3. The zero-order valence-electron chi connectivity index (χ0n) is 10.7. The van der Waals surface area contributed by atoms with E-state index < -0.39 is 6.10 Å². The van der Waals surface area contributed by atoms with Crippen molar-refractivity contribution in [3.63, 3.8) is 0 Å². The Balaban J connectivity index is 2.62. The molecule has 5 nitrogen and oxygen atoms in total.